The van der Waals surface area contributed by atoms with Gasteiger partial charge in [-0.15, -0.1) is 0 Å². The molecule has 0 aliphatic heterocycles. The number of carbonyl (C=O) groups is 1. The Morgan fingerprint density at radius 3 is 2.00 bits per heavy atom. The van der Waals surface area contributed by atoms with Crippen molar-refractivity contribution in [3.05, 3.63) is 0 Å². The van der Waals surface area contributed by atoms with Crippen LogP contribution in [0, 0.1) is 16.7 Å². The van der Waals surface area contributed by atoms with Gasteiger partial charge in [0.2, 0.25) is 0 Å². The average molecular weight is 244 g/mol. The molecule has 0 amide bonds. The minimum Gasteiger partial charge on any atom is -0.301 e. The molecule has 0 aromatic carbocycles. The highest BCUT2D eigenvalue weighted by Crippen LogP contribution is 2.32. The van der Waals surface area contributed by atoms with E-state index in [1.807, 2.05) is 20.8 Å². The minimum absolute atomic E-state index is 0.165. The number of hydrogen-bond acceptors (Lipinski definition) is 3. The molecule has 0 heterocycles. The summed E-state index contributed by atoms with van der Waals surface area (Å²) in [4.78, 5) is 15.4. The second kappa shape index (κ2) is 6.39. The molecule has 0 bridgehead atoms. The second-order valence-electron chi connectivity index (χ2n) is 7.14. The lowest BCUT2D eigenvalue weighted by Gasteiger charge is -2.28. The summed E-state index contributed by atoms with van der Waals surface area (Å²) in [6.45, 7) is 12.7. The predicted molar refractivity (Wildman–Crippen MR) is 69.6 cm³/mol. The molecular formula is C14H28O3. The van der Waals surface area contributed by atoms with Crippen molar-refractivity contribution in [2.75, 3.05) is 0 Å². The Morgan fingerprint density at radius 1 is 1.12 bits per heavy atom. The van der Waals surface area contributed by atoms with Gasteiger partial charge in [-0.3, -0.25) is 0 Å². The molecule has 0 aliphatic rings. The molecule has 1 N–H and O–H groups in total. The normalized spacial score (nSPS) is 14.5. The first-order valence-corrected chi connectivity index (χ1v) is 6.43. The van der Waals surface area contributed by atoms with Crippen LogP contribution in [-0.2, 0) is 9.68 Å². The van der Waals surface area contributed by atoms with E-state index in [4.69, 9.17) is 5.26 Å². The molecule has 0 saturated heterocycles. The van der Waals surface area contributed by atoms with Gasteiger partial charge in [0.05, 0.1) is 5.92 Å². The number of hydrogen-bond donors (Lipinski definition) is 1. The van der Waals surface area contributed by atoms with E-state index < -0.39 is 5.97 Å². The average Bonchev–Trinajstić information content (AvgIpc) is 2.13. The molecular weight excluding hydrogens is 216 g/mol. The first kappa shape index (κ1) is 16.4. The molecule has 0 aromatic heterocycles. The van der Waals surface area contributed by atoms with E-state index in [9.17, 15) is 4.79 Å². The van der Waals surface area contributed by atoms with Gasteiger partial charge >= 0.3 is 5.97 Å². The maximum absolute atomic E-state index is 11.5. The molecule has 1 atom stereocenters. The molecule has 102 valence electrons. The van der Waals surface area contributed by atoms with Gasteiger partial charge in [0.15, 0.2) is 0 Å². The molecule has 0 rings (SSSR count). The monoisotopic (exact) mass is 244 g/mol. The van der Waals surface area contributed by atoms with Gasteiger partial charge < -0.3 is 4.89 Å². The first-order chi connectivity index (χ1) is 7.58. The molecule has 0 aliphatic carbocycles. The molecule has 0 spiro atoms. The summed E-state index contributed by atoms with van der Waals surface area (Å²) in [5.74, 6) is -0.735. The third-order valence-electron chi connectivity index (χ3n) is 3.09. The van der Waals surface area contributed by atoms with Gasteiger partial charge in [-0.05, 0) is 23.7 Å². The summed E-state index contributed by atoms with van der Waals surface area (Å²) in [5, 5.41) is 8.50. The molecule has 3 nitrogen and oxygen atoms in total. The van der Waals surface area contributed by atoms with Crippen LogP contribution in [0.1, 0.15) is 67.2 Å². The quantitative estimate of drug-likeness (QED) is 0.446. The Bertz CT molecular complexity index is 233. The van der Waals surface area contributed by atoms with E-state index in [2.05, 4.69) is 25.7 Å². The Morgan fingerprint density at radius 2 is 1.65 bits per heavy atom. The highest BCUT2D eigenvalue weighted by molar-refractivity contribution is 5.72. The lowest BCUT2D eigenvalue weighted by molar-refractivity contribution is -0.242. The summed E-state index contributed by atoms with van der Waals surface area (Å²) in [5.41, 5.74) is 0.177. The van der Waals surface area contributed by atoms with E-state index in [0.29, 0.717) is 5.41 Å². The molecule has 0 fully saturated rings. The summed E-state index contributed by atoms with van der Waals surface area (Å²) < 4.78 is 0. The van der Waals surface area contributed by atoms with E-state index in [1.54, 1.807) is 0 Å². The summed E-state index contributed by atoms with van der Waals surface area (Å²) in [6, 6.07) is 0. The fourth-order valence-corrected chi connectivity index (χ4v) is 1.97. The van der Waals surface area contributed by atoms with Crippen molar-refractivity contribution in [1.82, 2.24) is 0 Å². The topological polar surface area (TPSA) is 46.5 Å². The molecule has 17 heavy (non-hydrogen) atoms. The van der Waals surface area contributed by atoms with Crippen molar-refractivity contribution in [3.8, 4) is 0 Å². The fraction of sp³-hybridized carbons (Fsp3) is 0.929. The van der Waals surface area contributed by atoms with Crippen LogP contribution in [-0.4, -0.2) is 11.2 Å². The fourth-order valence-electron chi connectivity index (χ4n) is 1.97. The van der Waals surface area contributed by atoms with E-state index in [0.717, 1.165) is 25.7 Å². The van der Waals surface area contributed by atoms with Crippen molar-refractivity contribution in [2.45, 2.75) is 67.2 Å². The molecule has 0 saturated carbocycles. The number of carbonyl (C=O) groups excluding carboxylic acids is 1. The van der Waals surface area contributed by atoms with Gasteiger partial charge in [-0.25, -0.2) is 4.79 Å². The van der Waals surface area contributed by atoms with Crippen LogP contribution in [0.15, 0.2) is 0 Å². The van der Waals surface area contributed by atoms with Gasteiger partial charge in [-0.1, -0.05) is 54.4 Å². The maximum atomic E-state index is 11.5. The first-order valence-electron chi connectivity index (χ1n) is 6.43. The zero-order valence-electron chi connectivity index (χ0n) is 12.2. The maximum Gasteiger partial charge on any atom is 0.345 e. The smallest absolute Gasteiger partial charge is 0.301 e. The van der Waals surface area contributed by atoms with Crippen molar-refractivity contribution in [1.29, 1.82) is 0 Å². The Kier molecular flexibility index (Phi) is 6.17. The lowest BCUT2D eigenvalue weighted by atomic mass is 9.77. The molecule has 0 aromatic rings. The van der Waals surface area contributed by atoms with Crippen LogP contribution in [0.5, 0.6) is 0 Å². The zero-order valence-corrected chi connectivity index (χ0v) is 12.2. The minimum atomic E-state index is -0.506. The Labute approximate surface area is 105 Å². The Hall–Kier alpha value is -0.570. The zero-order chi connectivity index (χ0) is 13.7. The SMILES string of the molecule is CC(C)(C)CCCCC(C(=O)OO)C(C)(C)C. The third-order valence-corrected chi connectivity index (χ3v) is 3.09. The van der Waals surface area contributed by atoms with E-state index in [-0.39, 0.29) is 11.3 Å². The van der Waals surface area contributed by atoms with Crippen LogP contribution in [0.25, 0.3) is 0 Å². The summed E-state index contributed by atoms with van der Waals surface area (Å²) >= 11 is 0. The van der Waals surface area contributed by atoms with E-state index in [1.165, 1.54) is 0 Å². The highest BCUT2D eigenvalue weighted by Gasteiger charge is 2.32. The number of unbranched alkanes of at least 4 members (excludes halogenated alkanes) is 1. The third kappa shape index (κ3) is 7.37. The summed E-state index contributed by atoms with van der Waals surface area (Å²) in [7, 11) is 0. The largest absolute Gasteiger partial charge is 0.345 e. The van der Waals surface area contributed by atoms with Crippen molar-refractivity contribution in [2.24, 2.45) is 16.7 Å². The summed E-state index contributed by atoms with van der Waals surface area (Å²) in [6.07, 6.45) is 4.03. The molecule has 0 radical (unpaired) electrons. The lowest BCUT2D eigenvalue weighted by Crippen LogP contribution is -2.29. The van der Waals surface area contributed by atoms with Gasteiger partial charge in [0, 0.05) is 0 Å². The molecule has 1 unspecified atom stereocenters. The second-order valence-corrected chi connectivity index (χ2v) is 7.14. The van der Waals surface area contributed by atoms with E-state index >= 15 is 0 Å². The Balaban J connectivity index is 4.16. The number of rotatable bonds is 5. The van der Waals surface area contributed by atoms with Crippen molar-refractivity contribution < 1.29 is 14.9 Å². The van der Waals surface area contributed by atoms with Gasteiger partial charge in [-0.2, -0.15) is 5.26 Å². The molecule has 3 heteroatoms. The predicted octanol–water partition coefficient (Wildman–Crippen LogP) is 4.27. The van der Waals surface area contributed by atoms with Crippen LogP contribution in [0.2, 0.25) is 0 Å². The van der Waals surface area contributed by atoms with Crippen LogP contribution < -0.4 is 0 Å². The van der Waals surface area contributed by atoms with Crippen LogP contribution in [0.3, 0.4) is 0 Å². The van der Waals surface area contributed by atoms with Crippen molar-refractivity contribution in [3.63, 3.8) is 0 Å². The van der Waals surface area contributed by atoms with Crippen molar-refractivity contribution >= 4 is 5.97 Å². The highest BCUT2D eigenvalue weighted by atomic mass is 17.1. The van der Waals surface area contributed by atoms with Crippen LogP contribution >= 0.6 is 0 Å². The van der Waals surface area contributed by atoms with Crippen LogP contribution in [0.4, 0.5) is 0 Å². The standard InChI is InChI=1S/C14H28O3/c1-13(2,3)10-8-7-9-11(12(15)17-16)14(4,5)6/h11,16H,7-10H2,1-6H3. The van der Waals surface area contributed by atoms with Gasteiger partial charge in [0.25, 0.3) is 0 Å². The van der Waals surface area contributed by atoms with Gasteiger partial charge in [0.1, 0.15) is 0 Å².